The average Bonchev–Trinajstić information content (AvgIpc) is 2.60. The first-order valence-corrected chi connectivity index (χ1v) is 7.43. The highest BCUT2D eigenvalue weighted by atomic mass is 16.6. The first-order chi connectivity index (χ1) is 12.3. The molecular weight excluding hydrogens is 344 g/mol. The molecule has 1 amide bonds. The van der Waals surface area contributed by atoms with E-state index in [0.29, 0.717) is 5.69 Å². The summed E-state index contributed by atoms with van der Waals surface area (Å²) >= 11 is 0. The molecule has 0 radical (unpaired) electrons. The van der Waals surface area contributed by atoms with E-state index in [1.54, 1.807) is 13.0 Å². The summed E-state index contributed by atoms with van der Waals surface area (Å²) in [6.07, 6.45) is 0. The molecule has 0 saturated heterocycles. The topological polar surface area (TPSA) is 137 Å². The van der Waals surface area contributed by atoms with Crippen LogP contribution in [-0.4, -0.2) is 29.4 Å². The zero-order chi connectivity index (χ0) is 19.3. The van der Waals surface area contributed by atoms with Crippen molar-refractivity contribution in [3.05, 3.63) is 62.2 Å². The van der Waals surface area contributed by atoms with Crippen LogP contribution in [0.25, 0.3) is 0 Å². The fourth-order valence-electron chi connectivity index (χ4n) is 2.19. The van der Waals surface area contributed by atoms with Crippen molar-refractivity contribution in [3.8, 4) is 5.75 Å². The number of rotatable bonds is 7. The Kier molecular flexibility index (Phi) is 5.68. The number of nitro groups is 2. The van der Waals surface area contributed by atoms with Crippen LogP contribution in [0.2, 0.25) is 0 Å². The summed E-state index contributed by atoms with van der Waals surface area (Å²) in [5.41, 5.74) is 1.04. The fourth-order valence-corrected chi connectivity index (χ4v) is 2.19. The quantitative estimate of drug-likeness (QED) is 0.572. The lowest BCUT2D eigenvalue weighted by Crippen LogP contribution is -2.22. The zero-order valence-corrected chi connectivity index (χ0v) is 14.0. The number of anilines is 2. The third-order valence-corrected chi connectivity index (χ3v) is 3.54. The minimum Gasteiger partial charge on any atom is -0.495 e. The van der Waals surface area contributed by atoms with E-state index >= 15 is 0 Å². The molecule has 2 aromatic carbocycles. The predicted molar refractivity (Wildman–Crippen MR) is 94.6 cm³/mol. The van der Waals surface area contributed by atoms with Gasteiger partial charge in [-0.25, -0.2) is 0 Å². The lowest BCUT2D eigenvalue weighted by Gasteiger charge is -2.12. The highest BCUT2D eigenvalue weighted by Crippen LogP contribution is 2.29. The van der Waals surface area contributed by atoms with Crippen LogP contribution in [0, 0.1) is 27.2 Å². The van der Waals surface area contributed by atoms with Gasteiger partial charge in [-0.05, 0) is 18.6 Å². The van der Waals surface area contributed by atoms with E-state index in [1.807, 2.05) is 0 Å². The van der Waals surface area contributed by atoms with Gasteiger partial charge in [0, 0.05) is 30.0 Å². The molecule has 10 heteroatoms. The molecule has 0 aromatic heterocycles. The van der Waals surface area contributed by atoms with Crippen molar-refractivity contribution in [2.45, 2.75) is 6.92 Å². The molecule has 0 atom stereocenters. The predicted octanol–water partition coefficient (Wildman–Crippen LogP) is 2.87. The number of nitrogens with zero attached hydrogens (tertiary/aromatic N) is 2. The maximum Gasteiger partial charge on any atom is 0.271 e. The van der Waals surface area contributed by atoms with Gasteiger partial charge in [-0.2, -0.15) is 0 Å². The van der Waals surface area contributed by atoms with E-state index in [4.69, 9.17) is 4.74 Å². The van der Waals surface area contributed by atoms with Gasteiger partial charge in [0.25, 0.3) is 11.4 Å². The monoisotopic (exact) mass is 360 g/mol. The molecule has 10 nitrogen and oxygen atoms in total. The van der Waals surface area contributed by atoms with E-state index in [1.165, 1.54) is 37.4 Å². The van der Waals surface area contributed by atoms with E-state index in [9.17, 15) is 25.0 Å². The van der Waals surface area contributed by atoms with Gasteiger partial charge in [0.05, 0.1) is 29.2 Å². The number of non-ortho nitro benzene ring substituents is 2. The minimum absolute atomic E-state index is 0.0983. The Labute approximate surface area is 148 Å². The van der Waals surface area contributed by atoms with E-state index < -0.39 is 15.8 Å². The number of nitrogens with one attached hydrogen (secondary N) is 2. The van der Waals surface area contributed by atoms with Crippen molar-refractivity contribution in [2.24, 2.45) is 0 Å². The molecule has 2 N–H and O–H groups in total. The Bertz CT molecular complexity index is 868. The van der Waals surface area contributed by atoms with Crippen LogP contribution >= 0.6 is 0 Å². The second-order valence-corrected chi connectivity index (χ2v) is 5.30. The number of nitro benzene ring substituents is 2. The molecule has 0 aliphatic carbocycles. The van der Waals surface area contributed by atoms with Crippen LogP contribution in [-0.2, 0) is 4.79 Å². The summed E-state index contributed by atoms with van der Waals surface area (Å²) in [5, 5.41) is 27.0. The Morgan fingerprint density at radius 3 is 2.19 bits per heavy atom. The van der Waals surface area contributed by atoms with Gasteiger partial charge in [0.15, 0.2) is 0 Å². The molecule has 0 aliphatic rings. The van der Waals surface area contributed by atoms with Crippen LogP contribution in [0.15, 0.2) is 36.4 Å². The number of hydrogen-bond donors (Lipinski definition) is 2. The van der Waals surface area contributed by atoms with E-state index in [0.717, 1.165) is 5.56 Å². The van der Waals surface area contributed by atoms with Crippen LogP contribution in [0.5, 0.6) is 5.75 Å². The van der Waals surface area contributed by atoms with Crippen molar-refractivity contribution < 1.29 is 19.4 Å². The molecule has 0 heterocycles. The molecule has 0 saturated carbocycles. The third-order valence-electron chi connectivity index (χ3n) is 3.54. The van der Waals surface area contributed by atoms with Crippen molar-refractivity contribution in [3.63, 3.8) is 0 Å². The smallest absolute Gasteiger partial charge is 0.271 e. The lowest BCUT2D eigenvalue weighted by molar-refractivity contribution is -0.385. The van der Waals surface area contributed by atoms with E-state index in [-0.39, 0.29) is 29.4 Å². The maximum absolute atomic E-state index is 12.1. The molecule has 0 fully saturated rings. The third kappa shape index (κ3) is 4.44. The van der Waals surface area contributed by atoms with Crippen molar-refractivity contribution in [2.75, 3.05) is 24.3 Å². The van der Waals surface area contributed by atoms with Crippen LogP contribution < -0.4 is 15.4 Å². The van der Waals surface area contributed by atoms with Crippen molar-refractivity contribution >= 4 is 28.7 Å². The van der Waals surface area contributed by atoms with Gasteiger partial charge in [-0.3, -0.25) is 25.0 Å². The number of carbonyl (C=O) groups excluding carboxylic acids is 1. The highest BCUT2D eigenvalue weighted by Gasteiger charge is 2.14. The van der Waals surface area contributed by atoms with Gasteiger partial charge in [-0.1, -0.05) is 6.07 Å². The summed E-state index contributed by atoms with van der Waals surface area (Å²) in [6.45, 7) is 1.56. The maximum atomic E-state index is 12.1. The number of benzene rings is 2. The minimum atomic E-state index is -0.584. The zero-order valence-electron chi connectivity index (χ0n) is 14.0. The average molecular weight is 360 g/mol. The second kappa shape index (κ2) is 7.92. The number of ether oxygens (including phenoxy) is 1. The summed E-state index contributed by atoms with van der Waals surface area (Å²) in [6, 6.07) is 8.10. The number of aryl methyl sites for hydroxylation is 1. The summed E-state index contributed by atoms with van der Waals surface area (Å²) in [5.74, 6) is -0.217. The SMILES string of the molecule is COc1ccc([N+](=O)[O-])cc1NC(=O)CNc1cc([N+](=O)[O-])ccc1C. The normalized spacial score (nSPS) is 10.1. The largest absolute Gasteiger partial charge is 0.495 e. The van der Waals surface area contributed by atoms with E-state index in [2.05, 4.69) is 10.6 Å². The second-order valence-electron chi connectivity index (χ2n) is 5.30. The number of carbonyl (C=O) groups is 1. The first kappa shape index (κ1) is 18.6. The van der Waals surface area contributed by atoms with Gasteiger partial charge < -0.3 is 15.4 Å². The van der Waals surface area contributed by atoms with Gasteiger partial charge in [0.1, 0.15) is 5.75 Å². The Morgan fingerprint density at radius 1 is 1.04 bits per heavy atom. The molecular formula is C16H16N4O6. The highest BCUT2D eigenvalue weighted by molar-refractivity contribution is 5.95. The van der Waals surface area contributed by atoms with Crippen LogP contribution in [0.1, 0.15) is 5.56 Å². The van der Waals surface area contributed by atoms with Crippen LogP contribution in [0.4, 0.5) is 22.7 Å². The molecule has 136 valence electrons. The van der Waals surface area contributed by atoms with Crippen LogP contribution in [0.3, 0.4) is 0 Å². The lowest BCUT2D eigenvalue weighted by atomic mass is 10.2. The standard InChI is InChI=1S/C16H16N4O6/c1-10-3-4-11(19(22)23)7-13(10)17-9-16(21)18-14-8-12(20(24)25)5-6-15(14)26-2/h3-8,17H,9H2,1-2H3,(H,18,21). The molecule has 0 spiro atoms. The van der Waals surface area contributed by atoms with Crippen molar-refractivity contribution in [1.29, 1.82) is 0 Å². The molecule has 26 heavy (non-hydrogen) atoms. The Morgan fingerprint density at radius 2 is 1.62 bits per heavy atom. The molecule has 2 aromatic rings. The van der Waals surface area contributed by atoms with Gasteiger partial charge >= 0.3 is 0 Å². The Balaban J connectivity index is 2.10. The van der Waals surface area contributed by atoms with Gasteiger partial charge in [-0.15, -0.1) is 0 Å². The molecule has 0 bridgehead atoms. The van der Waals surface area contributed by atoms with Gasteiger partial charge in [0.2, 0.25) is 5.91 Å². The molecule has 0 unspecified atom stereocenters. The number of methoxy groups -OCH3 is 1. The first-order valence-electron chi connectivity index (χ1n) is 7.43. The number of hydrogen-bond acceptors (Lipinski definition) is 7. The summed E-state index contributed by atoms with van der Waals surface area (Å²) in [4.78, 5) is 32.7. The number of amides is 1. The van der Waals surface area contributed by atoms with Crippen molar-refractivity contribution in [1.82, 2.24) is 0 Å². The molecule has 2 rings (SSSR count). The summed E-state index contributed by atoms with van der Waals surface area (Å²) in [7, 11) is 1.38. The fraction of sp³-hybridized carbons (Fsp3) is 0.188. The Hall–Kier alpha value is -3.69. The molecule has 0 aliphatic heterocycles. The summed E-state index contributed by atoms with van der Waals surface area (Å²) < 4.78 is 5.07.